The van der Waals surface area contributed by atoms with Crippen molar-refractivity contribution in [2.45, 2.75) is 25.5 Å². The van der Waals surface area contributed by atoms with Gasteiger partial charge in [0, 0.05) is 24.6 Å². The molecular weight excluding hydrogens is 372 g/mol. The number of hydrogen-bond acceptors (Lipinski definition) is 4. The molecule has 144 valence electrons. The summed E-state index contributed by atoms with van der Waals surface area (Å²) in [4.78, 5) is 28.3. The molecule has 3 amide bonds. The Hall–Kier alpha value is -3.06. The number of imide groups is 1. The Bertz CT molecular complexity index is 949. The molecule has 2 aromatic carbocycles. The maximum atomic E-state index is 12.1. The number of benzene rings is 2. The molecule has 28 heavy (non-hydrogen) atoms. The number of nitrogens with one attached hydrogen (secondary N) is 2. The standard InChI is InChI=1S/C21H22N4O2S/c1-15-10-16(2)12-18(11-15)25-9-8-22-21(25)28-14-19(26)24-20(27)23-13-17-6-4-3-5-7-17/h3-12H,13-14H2,1-2H3,(H2,23,24,26,27). The molecule has 0 spiro atoms. The van der Waals surface area contributed by atoms with Gasteiger partial charge >= 0.3 is 6.03 Å². The largest absolute Gasteiger partial charge is 0.334 e. The van der Waals surface area contributed by atoms with Crippen LogP contribution in [0.1, 0.15) is 16.7 Å². The number of amides is 3. The van der Waals surface area contributed by atoms with Gasteiger partial charge in [-0.1, -0.05) is 48.2 Å². The van der Waals surface area contributed by atoms with Crippen LogP contribution in [0.2, 0.25) is 0 Å². The second-order valence-corrected chi connectivity index (χ2v) is 7.37. The van der Waals surface area contributed by atoms with E-state index >= 15 is 0 Å². The van der Waals surface area contributed by atoms with Crippen LogP contribution in [0, 0.1) is 13.8 Å². The van der Waals surface area contributed by atoms with Crippen LogP contribution in [0.5, 0.6) is 0 Å². The zero-order chi connectivity index (χ0) is 19.9. The molecule has 0 saturated heterocycles. The minimum Gasteiger partial charge on any atom is -0.334 e. The highest BCUT2D eigenvalue weighted by Gasteiger charge is 2.12. The van der Waals surface area contributed by atoms with Gasteiger partial charge in [-0.3, -0.25) is 14.7 Å². The van der Waals surface area contributed by atoms with Gasteiger partial charge in [-0.25, -0.2) is 9.78 Å². The molecule has 3 aromatic rings. The van der Waals surface area contributed by atoms with E-state index in [9.17, 15) is 9.59 Å². The molecule has 7 heteroatoms. The van der Waals surface area contributed by atoms with E-state index in [1.54, 1.807) is 6.20 Å². The summed E-state index contributed by atoms with van der Waals surface area (Å²) in [5.74, 6) is -0.272. The zero-order valence-corrected chi connectivity index (χ0v) is 16.6. The average Bonchev–Trinajstić information content (AvgIpc) is 3.13. The van der Waals surface area contributed by atoms with Crippen molar-refractivity contribution < 1.29 is 9.59 Å². The molecule has 1 aromatic heterocycles. The number of carbonyl (C=O) groups excluding carboxylic acids is 2. The van der Waals surface area contributed by atoms with Gasteiger partial charge in [0.15, 0.2) is 5.16 Å². The Labute approximate surface area is 168 Å². The quantitative estimate of drug-likeness (QED) is 0.626. The van der Waals surface area contributed by atoms with Crippen LogP contribution in [-0.2, 0) is 11.3 Å². The molecule has 0 aliphatic heterocycles. The Morgan fingerprint density at radius 2 is 1.79 bits per heavy atom. The summed E-state index contributed by atoms with van der Waals surface area (Å²) in [6.45, 7) is 4.45. The molecule has 0 aliphatic rings. The molecule has 0 saturated carbocycles. The summed E-state index contributed by atoms with van der Waals surface area (Å²) < 4.78 is 1.94. The van der Waals surface area contributed by atoms with E-state index in [0.29, 0.717) is 11.7 Å². The lowest BCUT2D eigenvalue weighted by atomic mass is 10.1. The molecule has 0 radical (unpaired) electrons. The molecule has 0 atom stereocenters. The number of aromatic nitrogens is 2. The van der Waals surface area contributed by atoms with E-state index in [0.717, 1.165) is 22.4 Å². The van der Waals surface area contributed by atoms with Crippen LogP contribution in [0.3, 0.4) is 0 Å². The maximum absolute atomic E-state index is 12.1. The molecule has 1 heterocycles. The minimum absolute atomic E-state index is 0.0978. The van der Waals surface area contributed by atoms with Gasteiger partial charge in [0.1, 0.15) is 0 Å². The zero-order valence-electron chi connectivity index (χ0n) is 15.8. The third kappa shape index (κ3) is 5.47. The SMILES string of the molecule is Cc1cc(C)cc(-n2ccnc2SCC(=O)NC(=O)NCc2ccccc2)c1. The summed E-state index contributed by atoms with van der Waals surface area (Å²) in [6.07, 6.45) is 3.56. The topological polar surface area (TPSA) is 76.0 Å². The van der Waals surface area contributed by atoms with Crippen molar-refractivity contribution in [2.75, 3.05) is 5.75 Å². The number of rotatable bonds is 6. The van der Waals surface area contributed by atoms with E-state index in [1.807, 2.05) is 54.9 Å². The van der Waals surface area contributed by atoms with Gasteiger partial charge in [0.05, 0.1) is 5.75 Å². The monoisotopic (exact) mass is 394 g/mol. The van der Waals surface area contributed by atoms with Crippen molar-refractivity contribution in [3.8, 4) is 5.69 Å². The molecule has 0 fully saturated rings. The van der Waals surface area contributed by atoms with Crippen LogP contribution < -0.4 is 10.6 Å². The van der Waals surface area contributed by atoms with Gasteiger partial charge < -0.3 is 5.32 Å². The first kappa shape index (κ1) is 19.7. The average molecular weight is 395 g/mol. The predicted molar refractivity (Wildman–Crippen MR) is 111 cm³/mol. The summed E-state index contributed by atoms with van der Waals surface area (Å²) in [7, 11) is 0. The number of carbonyl (C=O) groups is 2. The number of imidazole rings is 1. The third-order valence-electron chi connectivity index (χ3n) is 3.97. The Balaban J connectivity index is 1.52. The van der Waals surface area contributed by atoms with E-state index in [2.05, 4.69) is 33.8 Å². The van der Waals surface area contributed by atoms with Crippen LogP contribution in [0.4, 0.5) is 4.79 Å². The van der Waals surface area contributed by atoms with Crippen molar-refractivity contribution in [1.82, 2.24) is 20.2 Å². The van der Waals surface area contributed by atoms with Crippen molar-refractivity contribution in [3.63, 3.8) is 0 Å². The molecule has 2 N–H and O–H groups in total. The fourth-order valence-electron chi connectivity index (χ4n) is 2.80. The normalized spacial score (nSPS) is 10.5. The van der Waals surface area contributed by atoms with Gasteiger partial charge in [0.2, 0.25) is 5.91 Å². The summed E-state index contributed by atoms with van der Waals surface area (Å²) >= 11 is 1.28. The lowest BCUT2D eigenvalue weighted by Crippen LogP contribution is -2.39. The summed E-state index contributed by atoms with van der Waals surface area (Å²) in [6, 6.07) is 15.2. The fourth-order valence-corrected chi connectivity index (χ4v) is 3.57. The number of thioether (sulfide) groups is 1. The lowest BCUT2D eigenvalue weighted by Gasteiger charge is -2.10. The van der Waals surface area contributed by atoms with E-state index < -0.39 is 6.03 Å². The molecular formula is C21H22N4O2S. The summed E-state index contributed by atoms with van der Waals surface area (Å²) in [5.41, 5.74) is 4.29. The molecule has 0 aliphatic carbocycles. The van der Waals surface area contributed by atoms with Crippen molar-refractivity contribution in [3.05, 3.63) is 77.6 Å². The first-order valence-electron chi connectivity index (χ1n) is 8.87. The van der Waals surface area contributed by atoms with Gasteiger partial charge in [-0.2, -0.15) is 0 Å². The highest BCUT2D eigenvalue weighted by Crippen LogP contribution is 2.22. The number of aryl methyl sites for hydroxylation is 2. The van der Waals surface area contributed by atoms with Gasteiger partial charge in [-0.15, -0.1) is 0 Å². The van der Waals surface area contributed by atoms with Crippen LogP contribution >= 0.6 is 11.8 Å². The smallest absolute Gasteiger partial charge is 0.321 e. The van der Waals surface area contributed by atoms with Crippen molar-refractivity contribution in [1.29, 1.82) is 0 Å². The minimum atomic E-state index is -0.507. The van der Waals surface area contributed by atoms with Crippen LogP contribution in [0.25, 0.3) is 5.69 Å². The van der Waals surface area contributed by atoms with Crippen molar-refractivity contribution in [2.24, 2.45) is 0 Å². The summed E-state index contributed by atoms with van der Waals surface area (Å²) in [5, 5.41) is 5.71. The Morgan fingerprint density at radius 1 is 1.07 bits per heavy atom. The molecule has 0 unspecified atom stereocenters. The van der Waals surface area contributed by atoms with Crippen molar-refractivity contribution >= 4 is 23.7 Å². The number of nitrogens with zero attached hydrogens (tertiary/aromatic N) is 2. The van der Waals surface area contributed by atoms with Crippen LogP contribution in [0.15, 0.2) is 66.1 Å². The molecule has 6 nitrogen and oxygen atoms in total. The van der Waals surface area contributed by atoms with E-state index in [1.165, 1.54) is 11.8 Å². The third-order valence-corrected chi connectivity index (χ3v) is 4.94. The lowest BCUT2D eigenvalue weighted by molar-refractivity contribution is -0.117. The predicted octanol–water partition coefficient (Wildman–Crippen LogP) is 3.61. The van der Waals surface area contributed by atoms with Gasteiger partial charge in [0.25, 0.3) is 0 Å². The Morgan fingerprint density at radius 3 is 2.50 bits per heavy atom. The maximum Gasteiger partial charge on any atom is 0.321 e. The second kappa shape index (κ2) is 9.23. The molecule has 3 rings (SSSR count). The number of urea groups is 1. The van der Waals surface area contributed by atoms with Gasteiger partial charge in [-0.05, 0) is 42.7 Å². The Kier molecular flexibility index (Phi) is 6.49. The second-order valence-electron chi connectivity index (χ2n) is 6.43. The first-order chi connectivity index (χ1) is 13.5. The first-order valence-corrected chi connectivity index (χ1v) is 9.86. The van der Waals surface area contributed by atoms with Crippen LogP contribution in [-0.4, -0.2) is 27.2 Å². The highest BCUT2D eigenvalue weighted by atomic mass is 32.2. The molecule has 0 bridgehead atoms. The van der Waals surface area contributed by atoms with E-state index in [4.69, 9.17) is 0 Å². The fraction of sp³-hybridized carbons (Fsp3) is 0.190. The number of hydrogen-bond donors (Lipinski definition) is 2. The highest BCUT2D eigenvalue weighted by molar-refractivity contribution is 7.99. The van der Waals surface area contributed by atoms with E-state index in [-0.39, 0.29) is 11.7 Å².